The smallest absolute Gasteiger partial charge is 0.0244 e. The largest absolute Gasteiger partial charge is 0.311 e. The van der Waals surface area contributed by atoms with Crippen LogP contribution in [0, 0.1) is 11.8 Å². The molecule has 0 aromatic rings. The zero-order valence-electron chi connectivity index (χ0n) is 11.8. The number of nitrogens with one attached hydrogen (secondary N) is 1. The molecule has 0 amide bonds. The lowest BCUT2D eigenvalue weighted by atomic mass is 9.98. The molecule has 2 atom stereocenters. The van der Waals surface area contributed by atoms with Crippen molar-refractivity contribution in [1.29, 1.82) is 0 Å². The van der Waals surface area contributed by atoms with Crippen molar-refractivity contribution < 1.29 is 0 Å². The van der Waals surface area contributed by atoms with Crippen molar-refractivity contribution in [2.24, 2.45) is 11.8 Å². The predicted molar refractivity (Wildman–Crippen MR) is 71.7 cm³/mol. The van der Waals surface area contributed by atoms with Crippen molar-refractivity contribution in [2.75, 3.05) is 19.6 Å². The fourth-order valence-electron chi connectivity index (χ4n) is 2.62. The summed E-state index contributed by atoms with van der Waals surface area (Å²) in [7, 11) is 0. The van der Waals surface area contributed by atoms with Crippen LogP contribution < -0.4 is 5.32 Å². The Morgan fingerprint density at radius 1 is 1.25 bits per heavy atom. The van der Waals surface area contributed by atoms with Gasteiger partial charge in [-0.3, -0.25) is 4.90 Å². The SMILES string of the molecule is CC(C)CCCN1CC(C)NCC1C(C)C. The zero-order chi connectivity index (χ0) is 12.1. The van der Waals surface area contributed by atoms with Gasteiger partial charge in [0.2, 0.25) is 0 Å². The molecule has 0 aromatic heterocycles. The molecule has 0 saturated carbocycles. The van der Waals surface area contributed by atoms with Gasteiger partial charge in [0.15, 0.2) is 0 Å². The summed E-state index contributed by atoms with van der Waals surface area (Å²) in [6, 6.07) is 1.40. The van der Waals surface area contributed by atoms with Gasteiger partial charge < -0.3 is 5.32 Å². The minimum atomic E-state index is 0.661. The fraction of sp³-hybridized carbons (Fsp3) is 1.00. The molecular weight excluding hydrogens is 196 g/mol. The van der Waals surface area contributed by atoms with E-state index in [9.17, 15) is 0 Å². The summed E-state index contributed by atoms with van der Waals surface area (Å²) >= 11 is 0. The summed E-state index contributed by atoms with van der Waals surface area (Å²) < 4.78 is 0. The Bertz CT molecular complexity index is 189. The van der Waals surface area contributed by atoms with E-state index in [-0.39, 0.29) is 0 Å². The van der Waals surface area contributed by atoms with Crippen molar-refractivity contribution in [2.45, 2.75) is 59.5 Å². The van der Waals surface area contributed by atoms with E-state index in [0.717, 1.165) is 17.9 Å². The highest BCUT2D eigenvalue weighted by atomic mass is 15.2. The molecule has 0 bridgehead atoms. The summed E-state index contributed by atoms with van der Waals surface area (Å²) in [6.45, 7) is 15.3. The second-order valence-corrected chi connectivity index (χ2v) is 6.15. The second-order valence-electron chi connectivity index (χ2n) is 6.15. The van der Waals surface area contributed by atoms with E-state index in [1.165, 1.54) is 32.5 Å². The first kappa shape index (κ1) is 14.0. The number of hydrogen-bond acceptors (Lipinski definition) is 2. The molecule has 1 rings (SSSR count). The molecule has 1 fully saturated rings. The third-order valence-electron chi connectivity index (χ3n) is 3.65. The number of nitrogens with zero attached hydrogens (tertiary/aromatic N) is 1. The molecule has 1 aliphatic rings. The fourth-order valence-corrected chi connectivity index (χ4v) is 2.62. The van der Waals surface area contributed by atoms with Gasteiger partial charge >= 0.3 is 0 Å². The number of hydrogen-bond donors (Lipinski definition) is 1. The Balaban J connectivity index is 2.38. The van der Waals surface area contributed by atoms with E-state index in [2.05, 4.69) is 44.8 Å². The molecule has 1 aliphatic heterocycles. The Kier molecular flexibility index (Phi) is 5.77. The molecule has 16 heavy (non-hydrogen) atoms. The maximum atomic E-state index is 3.60. The van der Waals surface area contributed by atoms with Gasteiger partial charge in [0, 0.05) is 25.2 Å². The van der Waals surface area contributed by atoms with Crippen LogP contribution in [-0.4, -0.2) is 36.6 Å². The van der Waals surface area contributed by atoms with Gasteiger partial charge in [-0.25, -0.2) is 0 Å². The van der Waals surface area contributed by atoms with Crippen LogP contribution >= 0.6 is 0 Å². The number of rotatable bonds is 5. The van der Waals surface area contributed by atoms with E-state index in [0.29, 0.717) is 6.04 Å². The highest BCUT2D eigenvalue weighted by molar-refractivity contribution is 4.85. The van der Waals surface area contributed by atoms with Crippen LogP contribution in [-0.2, 0) is 0 Å². The lowest BCUT2D eigenvalue weighted by Crippen LogP contribution is -2.57. The third kappa shape index (κ3) is 4.42. The van der Waals surface area contributed by atoms with Crippen molar-refractivity contribution in [3.63, 3.8) is 0 Å². The van der Waals surface area contributed by atoms with E-state index in [4.69, 9.17) is 0 Å². The van der Waals surface area contributed by atoms with E-state index in [1.54, 1.807) is 0 Å². The van der Waals surface area contributed by atoms with Crippen molar-refractivity contribution in [1.82, 2.24) is 10.2 Å². The topological polar surface area (TPSA) is 15.3 Å². The molecule has 0 aromatic carbocycles. The standard InChI is InChI=1S/C14H30N2/c1-11(2)7-6-8-16-10-13(5)15-9-14(16)12(3)4/h11-15H,6-10H2,1-5H3. The molecule has 96 valence electrons. The highest BCUT2D eigenvalue weighted by Crippen LogP contribution is 2.16. The Labute approximate surface area is 102 Å². The van der Waals surface area contributed by atoms with Gasteiger partial charge in [-0.1, -0.05) is 27.7 Å². The molecule has 2 heteroatoms. The van der Waals surface area contributed by atoms with E-state index >= 15 is 0 Å². The first-order valence-electron chi connectivity index (χ1n) is 6.98. The van der Waals surface area contributed by atoms with Gasteiger partial charge in [-0.15, -0.1) is 0 Å². The quantitative estimate of drug-likeness (QED) is 0.775. The maximum absolute atomic E-state index is 3.60. The molecule has 2 nitrogen and oxygen atoms in total. The molecule has 0 aliphatic carbocycles. The van der Waals surface area contributed by atoms with Gasteiger partial charge in [-0.2, -0.15) is 0 Å². The lowest BCUT2D eigenvalue weighted by molar-refractivity contribution is 0.0999. The second kappa shape index (κ2) is 6.61. The van der Waals surface area contributed by atoms with Crippen molar-refractivity contribution in [3.05, 3.63) is 0 Å². The van der Waals surface area contributed by atoms with E-state index < -0.39 is 0 Å². The monoisotopic (exact) mass is 226 g/mol. The Morgan fingerprint density at radius 3 is 2.50 bits per heavy atom. The normalized spacial score (nSPS) is 27.9. The molecular formula is C14H30N2. The van der Waals surface area contributed by atoms with Crippen LogP contribution in [0.3, 0.4) is 0 Å². The van der Waals surface area contributed by atoms with Crippen LogP contribution in [0.15, 0.2) is 0 Å². The maximum Gasteiger partial charge on any atom is 0.0244 e. The minimum Gasteiger partial charge on any atom is -0.311 e. The summed E-state index contributed by atoms with van der Waals surface area (Å²) in [5.41, 5.74) is 0. The molecule has 1 heterocycles. The third-order valence-corrected chi connectivity index (χ3v) is 3.65. The first-order valence-corrected chi connectivity index (χ1v) is 6.98. The highest BCUT2D eigenvalue weighted by Gasteiger charge is 2.27. The average Bonchev–Trinajstić information content (AvgIpc) is 2.16. The molecule has 1 N–H and O–H groups in total. The molecule has 2 unspecified atom stereocenters. The average molecular weight is 226 g/mol. The van der Waals surface area contributed by atoms with Crippen molar-refractivity contribution >= 4 is 0 Å². The van der Waals surface area contributed by atoms with Crippen LogP contribution in [0.5, 0.6) is 0 Å². The van der Waals surface area contributed by atoms with Crippen LogP contribution in [0.4, 0.5) is 0 Å². The predicted octanol–water partition coefficient (Wildman–Crippen LogP) is 2.74. The summed E-state index contributed by atoms with van der Waals surface area (Å²) in [4.78, 5) is 2.70. The van der Waals surface area contributed by atoms with Gasteiger partial charge in [0.1, 0.15) is 0 Å². The van der Waals surface area contributed by atoms with Crippen LogP contribution in [0.2, 0.25) is 0 Å². The number of piperazine rings is 1. The first-order chi connectivity index (χ1) is 7.50. The summed E-state index contributed by atoms with van der Waals surface area (Å²) in [5.74, 6) is 1.61. The van der Waals surface area contributed by atoms with Gasteiger partial charge in [-0.05, 0) is 38.1 Å². The Hall–Kier alpha value is -0.0800. The molecule has 0 radical (unpaired) electrons. The van der Waals surface area contributed by atoms with Crippen molar-refractivity contribution in [3.8, 4) is 0 Å². The zero-order valence-corrected chi connectivity index (χ0v) is 11.8. The van der Waals surface area contributed by atoms with E-state index in [1.807, 2.05) is 0 Å². The molecule has 0 spiro atoms. The van der Waals surface area contributed by atoms with Crippen LogP contribution in [0.1, 0.15) is 47.5 Å². The summed E-state index contributed by atoms with van der Waals surface area (Å²) in [6.07, 6.45) is 2.72. The summed E-state index contributed by atoms with van der Waals surface area (Å²) in [5, 5.41) is 3.60. The minimum absolute atomic E-state index is 0.661. The lowest BCUT2D eigenvalue weighted by Gasteiger charge is -2.41. The van der Waals surface area contributed by atoms with Crippen LogP contribution in [0.25, 0.3) is 0 Å². The van der Waals surface area contributed by atoms with Gasteiger partial charge in [0.05, 0.1) is 0 Å². The molecule has 1 saturated heterocycles. The van der Waals surface area contributed by atoms with Gasteiger partial charge in [0.25, 0.3) is 0 Å². The Morgan fingerprint density at radius 2 is 1.94 bits per heavy atom.